The van der Waals surface area contributed by atoms with Crippen molar-refractivity contribution in [2.75, 3.05) is 18.6 Å². The molecule has 0 amide bonds. The Kier molecular flexibility index (Phi) is 4.77. The van der Waals surface area contributed by atoms with Gasteiger partial charge in [0.25, 0.3) is 5.69 Å². The van der Waals surface area contributed by atoms with Crippen molar-refractivity contribution in [2.24, 2.45) is 0 Å². The summed E-state index contributed by atoms with van der Waals surface area (Å²) < 4.78 is 4.50. The van der Waals surface area contributed by atoms with Crippen LogP contribution in [0.25, 0.3) is 0 Å². The van der Waals surface area contributed by atoms with Crippen molar-refractivity contribution in [3.05, 3.63) is 28.3 Å². The lowest BCUT2D eigenvalue weighted by molar-refractivity contribution is -0.384. The second-order valence-electron chi connectivity index (χ2n) is 3.15. The highest BCUT2D eigenvalue weighted by Crippen LogP contribution is 2.28. The number of carbonyl (C=O) groups is 1. The molecule has 0 unspecified atom stereocenters. The molecule has 0 heterocycles. The molecule has 0 aliphatic heterocycles. The fourth-order valence-corrected chi connectivity index (χ4v) is 2.01. The van der Waals surface area contributed by atoms with Crippen LogP contribution in [-0.4, -0.2) is 23.8 Å². The minimum absolute atomic E-state index is 0.0418. The summed E-state index contributed by atoms with van der Waals surface area (Å²) in [7, 11) is 1.33. The Morgan fingerprint density at radius 1 is 1.59 bits per heavy atom. The number of rotatable bonds is 5. The van der Waals surface area contributed by atoms with E-state index in [4.69, 9.17) is 5.73 Å². The Morgan fingerprint density at radius 3 is 2.82 bits per heavy atom. The van der Waals surface area contributed by atoms with Gasteiger partial charge in [-0.3, -0.25) is 14.9 Å². The third kappa shape index (κ3) is 3.95. The first-order valence-electron chi connectivity index (χ1n) is 4.78. The van der Waals surface area contributed by atoms with Gasteiger partial charge in [0.15, 0.2) is 0 Å². The lowest BCUT2D eigenvalue weighted by Gasteiger charge is -2.04. The predicted molar refractivity (Wildman–Crippen MR) is 64.9 cm³/mol. The molecule has 0 radical (unpaired) electrons. The predicted octanol–water partition coefficient (Wildman–Crippen LogP) is 1.83. The maximum atomic E-state index is 10.9. The molecule has 0 fully saturated rings. The van der Waals surface area contributed by atoms with Gasteiger partial charge in [0, 0.05) is 22.8 Å². The lowest BCUT2D eigenvalue weighted by atomic mass is 10.3. The van der Waals surface area contributed by atoms with Gasteiger partial charge in [-0.1, -0.05) is 0 Å². The number of benzene rings is 1. The van der Waals surface area contributed by atoms with E-state index in [1.54, 1.807) is 6.07 Å². The summed E-state index contributed by atoms with van der Waals surface area (Å²) in [6.07, 6.45) is 0.275. The zero-order valence-corrected chi connectivity index (χ0v) is 10.0. The van der Waals surface area contributed by atoms with Gasteiger partial charge in [-0.15, -0.1) is 11.8 Å². The molecule has 0 saturated heterocycles. The quantitative estimate of drug-likeness (QED) is 0.284. The number of nitro benzene ring substituents is 1. The van der Waals surface area contributed by atoms with Crippen molar-refractivity contribution in [3.63, 3.8) is 0 Å². The fourth-order valence-electron chi connectivity index (χ4n) is 1.13. The normalized spacial score (nSPS) is 9.94. The third-order valence-electron chi connectivity index (χ3n) is 2.00. The van der Waals surface area contributed by atoms with Gasteiger partial charge < -0.3 is 10.5 Å². The van der Waals surface area contributed by atoms with Crippen LogP contribution in [-0.2, 0) is 9.53 Å². The summed E-state index contributed by atoms with van der Waals surface area (Å²) in [5.41, 5.74) is 5.97. The van der Waals surface area contributed by atoms with Gasteiger partial charge in [0.2, 0.25) is 0 Å². The van der Waals surface area contributed by atoms with Crippen molar-refractivity contribution >= 4 is 29.1 Å². The molecule has 0 atom stereocenters. The number of carbonyl (C=O) groups excluding carboxylic acids is 1. The summed E-state index contributed by atoms with van der Waals surface area (Å²) in [5, 5.41) is 10.5. The molecule has 2 N–H and O–H groups in total. The van der Waals surface area contributed by atoms with E-state index in [1.165, 1.54) is 31.0 Å². The Hall–Kier alpha value is -1.76. The van der Waals surface area contributed by atoms with Crippen molar-refractivity contribution in [3.8, 4) is 0 Å². The number of hydrogen-bond acceptors (Lipinski definition) is 6. The Bertz CT molecular complexity index is 436. The van der Waals surface area contributed by atoms with Crippen LogP contribution in [0.3, 0.4) is 0 Å². The smallest absolute Gasteiger partial charge is 0.306 e. The molecule has 1 aromatic rings. The van der Waals surface area contributed by atoms with Crippen LogP contribution in [0.4, 0.5) is 11.4 Å². The summed E-state index contributed by atoms with van der Waals surface area (Å²) >= 11 is 1.36. The molecular weight excluding hydrogens is 244 g/mol. The molecular formula is C10H12N2O4S. The Balaban J connectivity index is 2.60. The zero-order valence-electron chi connectivity index (χ0n) is 9.21. The highest BCUT2D eigenvalue weighted by Gasteiger charge is 2.09. The van der Waals surface area contributed by atoms with E-state index >= 15 is 0 Å². The van der Waals surface area contributed by atoms with Gasteiger partial charge in [-0.05, 0) is 6.07 Å². The maximum absolute atomic E-state index is 10.9. The Labute approximate surface area is 102 Å². The molecule has 0 aliphatic rings. The van der Waals surface area contributed by atoms with E-state index in [1.807, 2.05) is 0 Å². The fraction of sp³-hybridized carbons (Fsp3) is 0.300. The lowest BCUT2D eigenvalue weighted by Crippen LogP contribution is -2.01. The summed E-state index contributed by atoms with van der Waals surface area (Å²) in [6, 6.07) is 4.27. The highest BCUT2D eigenvalue weighted by molar-refractivity contribution is 7.99. The van der Waals surface area contributed by atoms with Crippen molar-refractivity contribution in [2.45, 2.75) is 11.3 Å². The van der Waals surface area contributed by atoms with Crippen LogP contribution < -0.4 is 5.73 Å². The molecule has 0 bridgehead atoms. The third-order valence-corrected chi connectivity index (χ3v) is 3.09. The van der Waals surface area contributed by atoms with E-state index < -0.39 is 4.92 Å². The standard InChI is InChI=1S/C10H12N2O4S/c1-16-10(13)4-5-17-9-3-2-7(12(14)15)6-8(9)11/h2-3,6H,4-5,11H2,1H3. The molecule has 0 saturated carbocycles. The molecule has 0 aromatic heterocycles. The monoisotopic (exact) mass is 256 g/mol. The van der Waals surface area contributed by atoms with Gasteiger partial charge in [0.1, 0.15) is 0 Å². The van der Waals surface area contributed by atoms with Gasteiger partial charge in [-0.25, -0.2) is 0 Å². The van der Waals surface area contributed by atoms with Crippen LogP contribution in [0.15, 0.2) is 23.1 Å². The molecule has 1 rings (SSSR count). The number of methoxy groups -OCH3 is 1. The van der Waals surface area contributed by atoms with Crippen LogP contribution in [0.1, 0.15) is 6.42 Å². The number of anilines is 1. The van der Waals surface area contributed by atoms with Crippen LogP contribution in [0.5, 0.6) is 0 Å². The van der Waals surface area contributed by atoms with Gasteiger partial charge >= 0.3 is 5.97 Å². The molecule has 1 aromatic carbocycles. The molecule has 0 spiro atoms. The van der Waals surface area contributed by atoms with E-state index in [2.05, 4.69) is 4.74 Å². The van der Waals surface area contributed by atoms with Crippen molar-refractivity contribution in [1.82, 2.24) is 0 Å². The first-order chi connectivity index (χ1) is 8.04. The summed E-state index contributed by atoms with van der Waals surface area (Å²) in [6.45, 7) is 0. The highest BCUT2D eigenvalue weighted by atomic mass is 32.2. The van der Waals surface area contributed by atoms with Crippen molar-refractivity contribution in [1.29, 1.82) is 0 Å². The topological polar surface area (TPSA) is 95.5 Å². The number of nitrogens with zero attached hydrogens (tertiary/aromatic N) is 1. The number of hydrogen-bond donors (Lipinski definition) is 1. The number of esters is 1. The van der Waals surface area contributed by atoms with E-state index in [9.17, 15) is 14.9 Å². The first kappa shape index (κ1) is 13.3. The molecule has 0 aliphatic carbocycles. The van der Waals surface area contributed by atoms with Crippen molar-refractivity contribution < 1.29 is 14.5 Å². The van der Waals surface area contributed by atoms with Crippen LogP contribution in [0.2, 0.25) is 0 Å². The Morgan fingerprint density at radius 2 is 2.29 bits per heavy atom. The number of nitro groups is 1. The number of nitrogen functional groups attached to an aromatic ring is 1. The van der Waals surface area contributed by atoms with Crippen LogP contribution >= 0.6 is 11.8 Å². The zero-order chi connectivity index (χ0) is 12.8. The average Bonchev–Trinajstić information content (AvgIpc) is 2.30. The SMILES string of the molecule is COC(=O)CCSc1ccc([N+](=O)[O-])cc1N. The van der Waals surface area contributed by atoms with E-state index in [0.717, 1.165) is 4.90 Å². The molecule has 17 heavy (non-hydrogen) atoms. The largest absolute Gasteiger partial charge is 0.469 e. The second-order valence-corrected chi connectivity index (χ2v) is 4.29. The molecule has 6 nitrogen and oxygen atoms in total. The minimum Gasteiger partial charge on any atom is -0.469 e. The minimum atomic E-state index is -0.501. The maximum Gasteiger partial charge on any atom is 0.306 e. The number of non-ortho nitro benzene ring substituents is 1. The van der Waals surface area contributed by atoms with Crippen LogP contribution in [0, 0.1) is 10.1 Å². The van der Waals surface area contributed by atoms with E-state index in [0.29, 0.717) is 11.4 Å². The summed E-state index contributed by atoms with van der Waals surface area (Å²) in [4.78, 5) is 21.6. The van der Waals surface area contributed by atoms with Gasteiger partial charge in [-0.2, -0.15) is 0 Å². The number of nitrogens with two attached hydrogens (primary N) is 1. The first-order valence-corrected chi connectivity index (χ1v) is 5.76. The number of ether oxygens (including phenoxy) is 1. The van der Waals surface area contributed by atoms with Gasteiger partial charge in [0.05, 0.1) is 24.1 Å². The molecule has 7 heteroatoms. The average molecular weight is 256 g/mol. The number of thioether (sulfide) groups is 1. The molecule has 92 valence electrons. The second kappa shape index (κ2) is 6.09. The summed E-state index contributed by atoms with van der Waals surface area (Å²) in [5.74, 6) is 0.229. The van der Waals surface area contributed by atoms with E-state index in [-0.39, 0.29) is 18.1 Å².